The summed E-state index contributed by atoms with van der Waals surface area (Å²) in [7, 11) is 0. The van der Waals surface area contributed by atoms with Crippen LogP contribution in [-0.2, 0) is 28.4 Å². The molecule has 7 rings (SSSR count). The highest BCUT2D eigenvalue weighted by Gasteiger charge is 2.50. The molecule has 0 saturated carbocycles. The summed E-state index contributed by atoms with van der Waals surface area (Å²) in [5, 5.41) is 156. The number of rotatable bonds is 12. The summed E-state index contributed by atoms with van der Waals surface area (Å²) >= 11 is 0. The molecule has 15 N–H and O–H groups in total. The van der Waals surface area contributed by atoms with E-state index in [9.17, 15) is 81.4 Å². The van der Waals surface area contributed by atoms with Gasteiger partial charge in [0.25, 0.3) is 0 Å². The molecule has 0 radical (unpaired) electrons. The Kier molecular flexibility index (Phi) is 14.6. The van der Waals surface area contributed by atoms with Gasteiger partial charge in [0.05, 0.1) is 25.9 Å². The quantitative estimate of drug-likeness (QED) is 0.0804. The Labute approximate surface area is 360 Å². The SMILES string of the molecule is C[C@@H]1O[C@@H](Oc2cc(O)c3c(=O)c(O[C@@H]4O[C@H](CO[C@@H]5O[C@H](CO[C@@H]6O[C@H](CO)[C@@H](O)[C@H](O)[C@H]6O)[C@@H](O)[C@H](O)[C@H]5O)[C@@H](O)[C@H](O)[C@H]4O)c(-c4ccc(O)cc4)oc3c2)[C@H](O)[C@H](O)[C@H]1O. The number of aromatic hydroxyl groups is 2. The highest BCUT2D eigenvalue weighted by atomic mass is 16.7. The van der Waals surface area contributed by atoms with Crippen LogP contribution in [-0.4, -0.2) is 219 Å². The lowest BCUT2D eigenvalue weighted by Gasteiger charge is -2.43. The van der Waals surface area contributed by atoms with Crippen LogP contribution in [0.4, 0.5) is 0 Å². The minimum atomic E-state index is -2.09. The highest BCUT2D eigenvalue weighted by Crippen LogP contribution is 2.39. The van der Waals surface area contributed by atoms with E-state index in [2.05, 4.69) is 0 Å². The molecule has 356 valence electrons. The predicted molar refractivity (Wildman–Crippen MR) is 204 cm³/mol. The van der Waals surface area contributed by atoms with Crippen molar-refractivity contribution in [1.29, 1.82) is 0 Å². The zero-order valence-electron chi connectivity index (χ0n) is 33.4. The molecule has 4 fully saturated rings. The number of fused-ring (bicyclic) bond motifs is 1. The smallest absolute Gasteiger partial charge is 0.239 e. The van der Waals surface area contributed by atoms with Crippen molar-refractivity contribution in [3.8, 4) is 34.3 Å². The van der Waals surface area contributed by atoms with Gasteiger partial charge < -0.3 is 119 Å². The first-order valence-electron chi connectivity index (χ1n) is 19.9. The van der Waals surface area contributed by atoms with Crippen molar-refractivity contribution >= 4 is 11.0 Å². The van der Waals surface area contributed by atoms with Crippen LogP contribution >= 0.6 is 0 Å². The molecule has 64 heavy (non-hydrogen) atoms. The van der Waals surface area contributed by atoms with E-state index in [1.165, 1.54) is 31.2 Å². The standard InChI is InChI=1S/C39H50O25/c1-11-21(43)26(48)32(54)38(58-11)59-14-6-15(42)20-16(7-14)60-34(12-2-4-13(41)5-3-12)35(25(20)47)64-39-33(55)29(51)24(46)19(63-39)10-57-37-31(53)28(50)23(45)18(62-37)9-56-36-30(52)27(49)22(44)17(8-40)61-36/h2-7,11,17-19,21-24,26-33,36-46,48-55H,8-10H2,1H3/t11-,17+,18+,19+,21-,22+,23+,24+,26+,27-,28-,29-,30+,31+,32+,33+,36+,37+,38-,39-/m0/s1. The van der Waals surface area contributed by atoms with Gasteiger partial charge in [-0.05, 0) is 31.2 Å². The third-order valence-corrected chi connectivity index (χ3v) is 11.4. The van der Waals surface area contributed by atoms with Crippen molar-refractivity contribution in [2.75, 3.05) is 19.8 Å². The Balaban J connectivity index is 1.10. The van der Waals surface area contributed by atoms with E-state index in [0.717, 1.165) is 12.1 Å². The number of benzene rings is 2. The molecule has 4 aliphatic rings. The Morgan fingerprint density at radius 2 is 1.02 bits per heavy atom. The summed E-state index contributed by atoms with van der Waals surface area (Å²) in [5.74, 6) is -2.29. The third kappa shape index (κ3) is 9.38. The maximum absolute atomic E-state index is 14.2. The van der Waals surface area contributed by atoms with Gasteiger partial charge >= 0.3 is 0 Å². The van der Waals surface area contributed by atoms with Crippen LogP contribution in [0.1, 0.15) is 6.92 Å². The molecule has 25 nitrogen and oxygen atoms in total. The van der Waals surface area contributed by atoms with Gasteiger partial charge in [-0.2, -0.15) is 0 Å². The van der Waals surface area contributed by atoms with Gasteiger partial charge in [-0.15, -0.1) is 0 Å². The zero-order chi connectivity index (χ0) is 46.5. The molecular weight excluding hydrogens is 868 g/mol. The lowest BCUT2D eigenvalue weighted by Crippen LogP contribution is -2.63. The van der Waals surface area contributed by atoms with Crippen molar-refractivity contribution in [2.45, 2.75) is 130 Å². The van der Waals surface area contributed by atoms with Crippen LogP contribution in [0.25, 0.3) is 22.3 Å². The molecule has 1 aromatic heterocycles. The Bertz CT molecular complexity index is 2100. The maximum Gasteiger partial charge on any atom is 0.239 e. The molecule has 0 amide bonds. The molecule has 25 heteroatoms. The van der Waals surface area contributed by atoms with E-state index in [-0.39, 0.29) is 28.4 Å². The highest BCUT2D eigenvalue weighted by molar-refractivity contribution is 5.88. The van der Waals surface area contributed by atoms with Crippen LogP contribution in [0.2, 0.25) is 0 Å². The fourth-order valence-electron chi connectivity index (χ4n) is 7.52. The zero-order valence-corrected chi connectivity index (χ0v) is 33.4. The Morgan fingerprint density at radius 1 is 0.547 bits per heavy atom. The fourth-order valence-corrected chi connectivity index (χ4v) is 7.52. The molecule has 20 atom stereocenters. The van der Waals surface area contributed by atoms with Crippen molar-refractivity contribution < 1.29 is 119 Å². The van der Waals surface area contributed by atoms with Gasteiger partial charge in [0.15, 0.2) is 18.3 Å². The second-order valence-corrected chi connectivity index (χ2v) is 15.8. The second kappa shape index (κ2) is 19.5. The Hall–Kier alpha value is -3.91. The number of aliphatic hydroxyl groups is 13. The summed E-state index contributed by atoms with van der Waals surface area (Å²) in [5.41, 5.74) is -1.34. The van der Waals surface area contributed by atoms with E-state index in [1.54, 1.807) is 0 Å². The average molecular weight is 919 g/mol. The summed E-state index contributed by atoms with van der Waals surface area (Å²) in [6, 6.07) is 7.15. The predicted octanol–water partition coefficient (Wildman–Crippen LogP) is -6.10. The fraction of sp³-hybridized carbons (Fsp3) is 0.615. The first-order valence-corrected chi connectivity index (χ1v) is 19.9. The molecule has 0 unspecified atom stereocenters. The normalized spacial score (nSPS) is 40.6. The van der Waals surface area contributed by atoms with Crippen LogP contribution in [0.3, 0.4) is 0 Å². The van der Waals surface area contributed by atoms with Crippen LogP contribution in [0.5, 0.6) is 23.0 Å². The molecule has 4 saturated heterocycles. The number of phenols is 2. The van der Waals surface area contributed by atoms with Gasteiger partial charge in [-0.3, -0.25) is 4.79 Å². The average Bonchev–Trinajstić information content (AvgIpc) is 3.27. The largest absolute Gasteiger partial charge is 0.508 e. The second-order valence-electron chi connectivity index (χ2n) is 15.8. The molecule has 0 bridgehead atoms. The number of aliphatic hydroxyl groups excluding tert-OH is 13. The summed E-state index contributed by atoms with van der Waals surface area (Å²) in [4.78, 5) is 14.2. The van der Waals surface area contributed by atoms with Gasteiger partial charge in [-0.1, -0.05) is 0 Å². The lowest BCUT2D eigenvalue weighted by atomic mass is 9.98. The number of ether oxygens (including phenoxy) is 8. The van der Waals surface area contributed by atoms with Crippen molar-refractivity contribution in [3.63, 3.8) is 0 Å². The van der Waals surface area contributed by atoms with E-state index >= 15 is 0 Å². The molecule has 4 aliphatic heterocycles. The molecular formula is C39H50O25. The van der Waals surface area contributed by atoms with Gasteiger partial charge in [0, 0.05) is 17.7 Å². The van der Waals surface area contributed by atoms with E-state index in [0.29, 0.717) is 0 Å². The first-order chi connectivity index (χ1) is 30.3. The summed E-state index contributed by atoms with van der Waals surface area (Å²) in [6.45, 7) is -0.837. The van der Waals surface area contributed by atoms with Gasteiger partial charge in [-0.25, -0.2) is 0 Å². The summed E-state index contributed by atoms with van der Waals surface area (Å²) < 4.78 is 50.6. The van der Waals surface area contributed by atoms with Gasteiger partial charge in [0.1, 0.15) is 120 Å². The molecule has 2 aromatic carbocycles. The van der Waals surface area contributed by atoms with Crippen LogP contribution < -0.4 is 14.9 Å². The third-order valence-electron chi connectivity index (χ3n) is 11.4. The number of hydrogen-bond acceptors (Lipinski definition) is 25. The van der Waals surface area contributed by atoms with E-state index in [1.807, 2.05) is 0 Å². The topological polar surface area (TPSA) is 408 Å². The first kappa shape index (κ1) is 48.0. The molecule has 3 aromatic rings. The van der Waals surface area contributed by atoms with Crippen molar-refractivity contribution in [2.24, 2.45) is 0 Å². The Morgan fingerprint density at radius 3 is 1.56 bits per heavy atom. The molecule has 0 aliphatic carbocycles. The maximum atomic E-state index is 14.2. The van der Waals surface area contributed by atoms with Crippen LogP contribution in [0.15, 0.2) is 45.6 Å². The number of hydrogen-bond donors (Lipinski definition) is 15. The minimum Gasteiger partial charge on any atom is -0.508 e. The van der Waals surface area contributed by atoms with Crippen LogP contribution in [0, 0.1) is 0 Å². The van der Waals surface area contributed by atoms with Crippen molar-refractivity contribution in [3.05, 3.63) is 46.6 Å². The molecule has 5 heterocycles. The monoisotopic (exact) mass is 918 g/mol. The van der Waals surface area contributed by atoms with Crippen molar-refractivity contribution in [1.82, 2.24) is 0 Å². The summed E-state index contributed by atoms with van der Waals surface area (Å²) in [6.07, 6.45) is -34.6. The van der Waals surface area contributed by atoms with E-state index in [4.69, 9.17) is 42.3 Å². The lowest BCUT2D eigenvalue weighted by molar-refractivity contribution is -0.339. The minimum absolute atomic E-state index is 0.0783. The number of phenolic OH excluding ortho intramolecular Hbond substituents is 2. The van der Waals surface area contributed by atoms with E-state index < -0.39 is 165 Å². The van der Waals surface area contributed by atoms with Gasteiger partial charge in [0.2, 0.25) is 23.8 Å². The molecule has 0 spiro atoms.